The van der Waals surface area contributed by atoms with Crippen LogP contribution in [0.5, 0.6) is 0 Å². The van der Waals surface area contributed by atoms with Gasteiger partial charge in [-0.15, -0.1) is 0 Å². The van der Waals surface area contributed by atoms with Crippen LogP contribution in [0.15, 0.2) is 6.20 Å². The molecule has 0 aliphatic carbocycles. The molecule has 0 spiro atoms. The van der Waals surface area contributed by atoms with Gasteiger partial charge in [-0.25, -0.2) is 0 Å². The summed E-state index contributed by atoms with van der Waals surface area (Å²) in [6.45, 7) is 10.6. The Kier molecular flexibility index (Phi) is 4.77. The number of anilines is 1. The van der Waals surface area contributed by atoms with Crippen molar-refractivity contribution in [1.82, 2.24) is 25.1 Å². The zero-order chi connectivity index (χ0) is 14.7. The van der Waals surface area contributed by atoms with Gasteiger partial charge in [0.05, 0.1) is 11.6 Å². The van der Waals surface area contributed by atoms with E-state index in [0.29, 0.717) is 17.7 Å². The number of rotatable bonds is 6. The van der Waals surface area contributed by atoms with Gasteiger partial charge < -0.3 is 5.32 Å². The van der Waals surface area contributed by atoms with Gasteiger partial charge in [-0.2, -0.15) is 15.1 Å². The number of hydrogen-bond acceptors (Lipinski definition) is 5. The smallest absolute Gasteiger partial charge is 0.226 e. The molecule has 0 amide bonds. The van der Waals surface area contributed by atoms with Crippen molar-refractivity contribution in [3.8, 4) is 0 Å². The third-order valence-corrected chi connectivity index (χ3v) is 3.44. The van der Waals surface area contributed by atoms with Gasteiger partial charge in [0.2, 0.25) is 5.28 Å². The number of nitrogens with zero attached hydrogens (tertiary/aromatic N) is 4. The minimum Gasteiger partial charge on any atom is -0.368 e. The monoisotopic (exact) mass is 296 g/mol. The van der Waals surface area contributed by atoms with Crippen molar-refractivity contribution in [2.45, 2.75) is 39.8 Å². The van der Waals surface area contributed by atoms with Crippen LogP contribution in [-0.4, -0.2) is 50.2 Å². The summed E-state index contributed by atoms with van der Waals surface area (Å²) in [5, 5.41) is 11.2. The normalized spacial score (nSPS) is 12.0. The maximum absolute atomic E-state index is 5.90. The first-order valence-electron chi connectivity index (χ1n) is 6.85. The van der Waals surface area contributed by atoms with E-state index in [4.69, 9.17) is 11.6 Å². The van der Waals surface area contributed by atoms with E-state index in [1.54, 1.807) is 6.20 Å². The topological polar surface area (TPSA) is 69.7 Å². The van der Waals surface area contributed by atoms with E-state index in [9.17, 15) is 0 Å². The van der Waals surface area contributed by atoms with E-state index in [1.165, 1.54) is 0 Å². The Labute approximate surface area is 123 Å². The van der Waals surface area contributed by atoms with Gasteiger partial charge in [-0.1, -0.05) is 0 Å². The maximum Gasteiger partial charge on any atom is 0.226 e. The molecule has 0 aromatic carbocycles. The van der Waals surface area contributed by atoms with E-state index >= 15 is 0 Å². The molecule has 0 saturated heterocycles. The van der Waals surface area contributed by atoms with Gasteiger partial charge in [-0.3, -0.25) is 10.00 Å². The van der Waals surface area contributed by atoms with Crippen LogP contribution in [0.2, 0.25) is 5.28 Å². The van der Waals surface area contributed by atoms with Crippen molar-refractivity contribution in [2.75, 3.05) is 18.4 Å². The first-order valence-corrected chi connectivity index (χ1v) is 7.23. The molecule has 0 bridgehead atoms. The van der Waals surface area contributed by atoms with Gasteiger partial charge in [0.15, 0.2) is 5.65 Å². The number of nitrogens with one attached hydrogen (secondary N) is 2. The highest BCUT2D eigenvalue weighted by Crippen LogP contribution is 2.19. The maximum atomic E-state index is 5.90. The highest BCUT2D eigenvalue weighted by Gasteiger charge is 2.13. The highest BCUT2D eigenvalue weighted by molar-refractivity contribution is 6.28. The fourth-order valence-electron chi connectivity index (χ4n) is 2.36. The van der Waals surface area contributed by atoms with E-state index < -0.39 is 0 Å². The second-order valence-corrected chi connectivity index (χ2v) is 5.66. The van der Waals surface area contributed by atoms with Crippen LogP contribution in [-0.2, 0) is 0 Å². The molecule has 110 valence electrons. The quantitative estimate of drug-likeness (QED) is 0.802. The van der Waals surface area contributed by atoms with Crippen molar-refractivity contribution in [3.63, 3.8) is 0 Å². The summed E-state index contributed by atoms with van der Waals surface area (Å²) in [5.41, 5.74) is 0.650. The van der Waals surface area contributed by atoms with Crippen LogP contribution < -0.4 is 5.32 Å². The molecule has 7 heteroatoms. The summed E-state index contributed by atoms with van der Waals surface area (Å²) in [4.78, 5) is 10.7. The molecule has 2 N–H and O–H groups in total. The lowest BCUT2D eigenvalue weighted by Crippen LogP contribution is -2.40. The minimum absolute atomic E-state index is 0.217. The molecule has 0 radical (unpaired) electrons. The second kappa shape index (κ2) is 6.37. The zero-order valence-electron chi connectivity index (χ0n) is 12.3. The second-order valence-electron chi connectivity index (χ2n) is 5.33. The van der Waals surface area contributed by atoms with Gasteiger partial charge in [0.25, 0.3) is 0 Å². The van der Waals surface area contributed by atoms with Gasteiger partial charge >= 0.3 is 0 Å². The number of hydrogen-bond donors (Lipinski definition) is 2. The standard InChI is InChI=1S/C13H21ClN6/c1-8(2)20(9(3)4)6-5-15-11-10-7-16-19-12(10)18-13(14)17-11/h7-9H,5-6H2,1-4H3,(H2,15,16,17,18,19). The summed E-state index contributed by atoms with van der Waals surface area (Å²) in [6.07, 6.45) is 1.71. The average molecular weight is 297 g/mol. The molecule has 0 fully saturated rings. The van der Waals surface area contributed by atoms with Gasteiger partial charge in [0.1, 0.15) is 5.82 Å². The molecular formula is C13H21ClN6. The summed E-state index contributed by atoms with van der Waals surface area (Å²) >= 11 is 5.90. The SMILES string of the molecule is CC(C)N(CCNc1nc(Cl)nc2[nH]ncc12)C(C)C. The molecule has 6 nitrogen and oxygen atoms in total. The Morgan fingerprint density at radius 2 is 1.95 bits per heavy atom. The molecule has 2 heterocycles. The van der Waals surface area contributed by atoms with Crippen LogP contribution in [0.4, 0.5) is 5.82 Å². The van der Waals surface area contributed by atoms with Gasteiger partial charge in [-0.05, 0) is 39.3 Å². The van der Waals surface area contributed by atoms with E-state index in [1.807, 2.05) is 0 Å². The largest absolute Gasteiger partial charge is 0.368 e. The number of H-pyrrole nitrogens is 1. The van der Waals surface area contributed by atoms with Crippen LogP contribution in [0.1, 0.15) is 27.7 Å². The third kappa shape index (κ3) is 3.37. The fraction of sp³-hybridized carbons (Fsp3) is 0.615. The molecular weight excluding hydrogens is 276 g/mol. The van der Waals surface area contributed by atoms with Crippen LogP contribution in [0.25, 0.3) is 11.0 Å². The molecule has 0 atom stereocenters. The highest BCUT2D eigenvalue weighted by atomic mass is 35.5. The number of aromatic nitrogens is 4. The first kappa shape index (κ1) is 15.0. The van der Waals surface area contributed by atoms with Crippen molar-refractivity contribution < 1.29 is 0 Å². The minimum atomic E-state index is 0.217. The van der Waals surface area contributed by atoms with Gasteiger partial charge in [0, 0.05) is 25.2 Å². The fourth-order valence-corrected chi connectivity index (χ4v) is 2.53. The number of fused-ring (bicyclic) bond motifs is 1. The van der Waals surface area contributed by atoms with E-state index in [2.05, 4.69) is 58.1 Å². The Morgan fingerprint density at radius 1 is 1.25 bits per heavy atom. The summed E-state index contributed by atoms with van der Waals surface area (Å²) in [6, 6.07) is 1.03. The first-order chi connectivity index (χ1) is 9.49. The lowest BCUT2D eigenvalue weighted by Gasteiger charge is -2.30. The van der Waals surface area contributed by atoms with Crippen molar-refractivity contribution in [2.24, 2.45) is 0 Å². The third-order valence-electron chi connectivity index (χ3n) is 3.27. The molecule has 20 heavy (non-hydrogen) atoms. The summed E-state index contributed by atoms with van der Waals surface area (Å²) < 4.78 is 0. The molecule has 0 unspecified atom stereocenters. The molecule has 2 aromatic heterocycles. The summed E-state index contributed by atoms with van der Waals surface area (Å²) in [7, 11) is 0. The summed E-state index contributed by atoms with van der Waals surface area (Å²) in [5.74, 6) is 0.723. The molecule has 2 rings (SSSR count). The Bertz CT molecular complexity index is 557. The average Bonchev–Trinajstić information content (AvgIpc) is 2.81. The van der Waals surface area contributed by atoms with E-state index in [0.717, 1.165) is 24.3 Å². The lowest BCUT2D eigenvalue weighted by molar-refractivity contribution is 0.182. The Hall–Kier alpha value is -1.40. The lowest BCUT2D eigenvalue weighted by atomic mass is 10.2. The predicted molar refractivity (Wildman–Crippen MR) is 82.2 cm³/mol. The number of halogens is 1. The van der Waals surface area contributed by atoms with Crippen molar-refractivity contribution in [1.29, 1.82) is 0 Å². The number of aromatic amines is 1. The molecule has 0 saturated carbocycles. The molecule has 0 aliphatic rings. The predicted octanol–water partition coefficient (Wildman–Crippen LogP) is 2.54. The Balaban J connectivity index is 2.04. The van der Waals surface area contributed by atoms with Crippen molar-refractivity contribution >= 4 is 28.5 Å². The van der Waals surface area contributed by atoms with Crippen LogP contribution >= 0.6 is 11.6 Å². The van der Waals surface area contributed by atoms with Crippen LogP contribution in [0, 0.1) is 0 Å². The van der Waals surface area contributed by atoms with Crippen LogP contribution in [0.3, 0.4) is 0 Å². The molecule has 2 aromatic rings. The zero-order valence-corrected chi connectivity index (χ0v) is 13.1. The van der Waals surface area contributed by atoms with Crippen molar-refractivity contribution in [3.05, 3.63) is 11.5 Å². The Morgan fingerprint density at radius 3 is 2.60 bits per heavy atom. The van der Waals surface area contributed by atoms with E-state index in [-0.39, 0.29) is 5.28 Å². The molecule has 0 aliphatic heterocycles.